The molecule has 0 saturated carbocycles. The van der Waals surface area contributed by atoms with Gasteiger partial charge in [0.05, 0.1) is 18.8 Å². The molecule has 0 heterocycles. The van der Waals surface area contributed by atoms with E-state index in [0.717, 1.165) is 22.3 Å². The van der Waals surface area contributed by atoms with E-state index < -0.39 is 0 Å². The molecule has 5 nitrogen and oxygen atoms in total. The first-order valence-electron chi connectivity index (χ1n) is 8.15. The van der Waals surface area contributed by atoms with E-state index in [2.05, 4.69) is 33.5 Å². The molecular formula is C19H21BrN2O3S. The molecule has 2 N–H and O–H groups in total. The van der Waals surface area contributed by atoms with Gasteiger partial charge in [0.15, 0.2) is 5.11 Å². The van der Waals surface area contributed by atoms with Crippen molar-refractivity contribution in [3.63, 3.8) is 0 Å². The molecule has 138 valence electrons. The van der Waals surface area contributed by atoms with Gasteiger partial charge in [-0.2, -0.15) is 0 Å². The van der Waals surface area contributed by atoms with Crippen LogP contribution in [0.4, 0.5) is 5.69 Å². The zero-order valence-electron chi connectivity index (χ0n) is 14.8. The molecule has 0 bridgehead atoms. The van der Waals surface area contributed by atoms with Gasteiger partial charge in [-0.25, -0.2) is 0 Å². The second-order valence-electron chi connectivity index (χ2n) is 5.62. The number of halogens is 1. The molecule has 1 unspecified atom stereocenters. The average molecular weight is 437 g/mol. The van der Waals surface area contributed by atoms with Gasteiger partial charge in [-0.15, -0.1) is 0 Å². The summed E-state index contributed by atoms with van der Waals surface area (Å²) in [5.74, 6) is 0.859. The van der Waals surface area contributed by atoms with Crippen LogP contribution in [-0.4, -0.2) is 24.2 Å². The average Bonchev–Trinajstić information content (AvgIpc) is 2.61. The molecule has 1 amide bonds. The predicted octanol–water partition coefficient (Wildman–Crippen LogP) is 4.76. The maximum atomic E-state index is 12.5. The SMILES string of the molecule is CCC(C)Oc1cccc(NC(=S)NC(=O)c2cc(Br)ccc2OC)c1. The van der Waals surface area contributed by atoms with Crippen LogP contribution in [0.15, 0.2) is 46.9 Å². The van der Waals surface area contributed by atoms with E-state index in [1.165, 1.54) is 7.11 Å². The molecule has 2 rings (SSSR count). The first-order chi connectivity index (χ1) is 12.4. The molecule has 0 aromatic heterocycles. The number of nitrogens with one attached hydrogen (secondary N) is 2. The highest BCUT2D eigenvalue weighted by Crippen LogP contribution is 2.23. The maximum absolute atomic E-state index is 12.5. The second kappa shape index (κ2) is 9.54. The number of ether oxygens (including phenoxy) is 2. The number of hydrogen-bond donors (Lipinski definition) is 2. The zero-order valence-corrected chi connectivity index (χ0v) is 17.2. The summed E-state index contributed by atoms with van der Waals surface area (Å²) < 4.78 is 11.8. The Hall–Kier alpha value is -2.12. The molecule has 0 aliphatic carbocycles. The molecule has 1 atom stereocenters. The van der Waals surface area contributed by atoms with Crippen molar-refractivity contribution in [2.24, 2.45) is 0 Å². The lowest BCUT2D eigenvalue weighted by molar-refractivity contribution is 0.0974. The van der Waals surface area contributed by atoms with Crippen molar-refractivity contribution in [3.05, 3.63) is 52.5 Å². The van der Waals surface area contributed by atoms with Gasteiger partial charge in [0, 0.05) is 16.2 Å². The Labute approximate surface area is 167 Å². The van der Waals surface area contributed by atoms with Gasteiger partial charge in [-0.3, -0.25) is 10.1 Å². The third-order valence-corrected chi connectivity index (χ3v) is 4.33. The van der Waals surface area contributed by atoms with Crippen LogP contribution in [0.5, 0.6) is 11.5 Å². The monoisotopic (exact) mass is 436 g/mol. The summed E-state index contributed by atoms with van der Waals surface area (Å²) in [6.45, 7) is 4.07. The highest BCUT2D eigenvalue weighted by Gasteiger charge is 2.14. The van der Waals surface area contributed by atoms with Crippen molar-refractivity contribution in [2.75, 3.05) is 12.4 Å². The number of hydrogen-bond acceptors (Lipinski definition) is 4. The standard InChI is InChI=1S/C19H21BrN2O3S/c1-4-12(2)25-15-7-5-6-14(11-15)21-19(26)22-18(23)16-10-13(20)8-9-17(16)24-3/h5-12H,4H2,1-3H3,(H2,21,22,23,26). The fourth-order valence-corrected chi connectivity index (χ4v) is 2.72. The van der Waals surface area contributed by atoms with Crippen molar-refractivity contribution < 1.29 is 14.3 Å². The van der Waals surface area contributed by atoms with Gasteiger partial charge in [-0.1, -0.05) is 28.9 Å². The summed E-state index contributed by atoms with van der Waals surface area (Å²) >= 11 is 8.59. The van der Waals surface area contributed by atoms with Crippen LogP contribution in [0.2, 0.25) is 0 Å². The lowest BCUT2D eigenvalue weighted by atomic mass is 10.2. The Kier molecular flexibility index (Phi) is 7.41. The fourth-order valence-electron chi connectivity index (χ4n) is 2.15. The maximum Gasteiger partial charge on any atom is 0.261 e. The minimum absolute atomic E-state index is 0.126. The minimum Gasteiger partial charge on any atom is -0.496 e. The molecule has 0 saturated heterocycles. The Morgan fingerprint density at radius 1 is 1.27 bits per heavy atom. The largest absolute Gasteiger partial charge is 0.496 e. The number of thiocarbonyl (C=S) groups is 1. The molecule has 2 aromatic rings. The van der Waals surface area contributed by atoms with E-state index >= 15 is 0 Å². The summed E-state index contributed by atoms with van der Waals surface area (Å²) in [6.07, 6.45) is 1.04. The number of carbonyl (C=O) groups excluding carboxylic acids is 1. The third-order valence-electron chi connectivity index (χ3n) is 3.64. The number of anilines is 1. The van der Waals surface area contributed by atoms with Crippen LogP contribution in [0.3, 0.4) is 0 Å². The van der Waals surface area contributed by atoms with Gasteiger partial charge < -0.3 is 14.8 Å². The molecule has 7 heteroatoms. The van der Waals surface area contributed by atoms with Crippen LogP contribution in [0, 0.1) is 0 Å². The molecule has 0 aliphatic heterocycles. The van der Waals surface area contributed by atoms with Crippen molar-refractivity contribution in [3.8, 4) is 11.5 Å². The minimum atomic E-state index is -0.354. The topological polar surface area (TPSA) is 59.6 Å². The van der Waals surface area contributed by atoms with Crippen molar-refractivity contribution in [1.82, 2.24) is 5.32 Å². The second-order valence-corrected chi connectivity index (χ2v) is 6.94. The molecule has 0 radical (unpaired) electrons. The van der Waals surface area contributed by atoms with E-state index in [1.54, 1.807) is 18.2 Å². The van der Waals surface area contributed by atoms with E-state index in [9.17, 15) is 4.79 Å². The summed E-state index contributed by atoms with van der Waals surface area (Å²) in [4.78, 5) is 12.5. The van der Waals surface area contributed by atoms with E-state index in [-0.39, 0.29) is 17.1 Å². The summed E-state index contributed by atoms with van der Waals surface area (Å²) in [5, 5.41) is 5.84. The van der Waals surface area contributed by atoms with Gasteiger partial charge in [0.1, 0.15) is 11.5 Å². The van der Waals surface area contributed by atoms with Crippen molar-refractivity contribution >= 4 is 44.9 Å². The van der Waals surface area contributed by atoms with Crippen LogP contribution in [0.25, 0.3) is 0 Å². The Bertz CT molecular complexity index is 798. The summed E-state index contributed by atoms with van der Waals surface area (Å²) in [5.41, 5.74) is 1.12. The van der Waals surface area contributed by atoms with E-state index in [4.69, 9.17) is 21.7 Å². The van der Waals surface area contributed by atoms with Crippen LogP contribution < -0.4 is 20.1 Å². The molecule has 26 heavy (non-hydrogen) atoms. The predicted molar refractivity (Wildman–Crippen MR) is 111 cm³/mol. The van der Waals surface area contributed by atoms with Gasteiger partial charge in [0.2, 0.25) is 0 Å². The van der Waals surface area contributed by atoms with Gasteiger partial charge in [0.25, 0.3) is 5.91 Å². The fraction of sp³-hybridized carbons (Fsp3) is 0.263. The lowest BCUT2D eigenvalue weighted by Gasteiger charge is -2.15. The van der Waals surface area contributed by atoms with Crippen LogP contribution in [0.1, 0.15) is 30.6 Å². The number of amides is 1. The Morgan fingerprint density at radius 2 is 2.04 bits per heavy atom. The number of methoxy groups -OCH3 is 1. The Balaban J connectivity index is 2.04. The normalized spacial score (nSPS) is 11.4. The smallest absolute Gasteiger partial charge is 0.261 e. The van der Waals surface area contributed by atoms with Gasteiger partial charge >= 0.3 is 0 Å². The van der Waals surface area contributed by atoms with E-state index in [1.807, 2.05) is 31.2 Å². The first kappa shape index (κ1) is 20.2. The molecular weight excluding hydrogens is 416 g/mol. The third kappa shape index (κ3) is 5.71. The molecule has 0 fully saturated rings. The van der Waals surface area contributed by atoms with E-state index in [0.29, 0.717) is 11.3 Å². The number of benzene rings is 2. The highest BCUT2D eigenvalue weighted by molar-refractivity contribution is 9.10. The summed E-state index contributed by atoms with van der Waals surface area (Å²) in [7, 11) is 1.51. The lowest BCUT2D eigenvalue weighted by Crippen LogP contribution is -2.34. The zero-order chi connectivity index (χ0) is 19.1. The molecule has 2 aromatic carbocycles. The highest BCUT2D eigenvalue weighted by atomic mass is 79.9. The molecule has 0 spiro atoms. The number of carbonyl (C=O) groups is 1. The number of rotatable bonds is 6. The quantitative estimate of drug-likeness (QED) is 0.639. The van der Waals surface area contributed by atoms with Gasteiger partial charge in [-0.05, 0) is 55.9 Å². The van der Waals surface area contributed by atoms with Crippen molar-refractivity contribution in [1.29, 1.82) is 0 Å². The van der Waals surface area contributed by atoms with Crippen LogP contribution in [-0.2, 0) is 0 Å². The summed E-state index contributed by atoms with van der Waals surface area (Å²) in [6, 6.07) is 12.6. The Morgan fingerprint density at radius 3 is 2.73 bits per heavy atom. The van der Waals surface area contributed by atoms with Crippen molar-refractivity contribution in [2.45, 2.75) is 26.4 Å². The molecule has 0 aliphatic rings. The van der Waals surface area contributed by atoms with Crippen LogP contribution >= 0.6 is 28.1 Å². The first-order valence-corrected chi connectivity index (χ1v) is 9.35.